The molecular formula is C20H13BrF2N2O3. The number of nitrogens with zero attached hydrogens (tertiary/aromatic N) is 1. The van der Waals surface area contributed by atoms with Crippen molar-refractivity contribution in [3.8, 4) is 22.6 Å². The molecule has 1 amide bonds. The van der Waals surface area contributed by atoms with E-state index in [1.807, 2.05) is 6.07 Å². The Morgan fingerprint density at radius 1 is 1.11 bits per heavy atom. The van der Waals surface area contributed by atoms with Crippen LogP contribution in [0.4, 0.5) is 14.6 Å². The van der Waals surface area contributed by atoms with Crippen molar-refractivity contribution in [2.45, 2.75) is 6.92 Å². The van der Waals surface area contributed by atoms with E-state index in [1.165, 1.54) is 0 Å². The highest BCUT2D eigenvalue weighted by molar-refractivity contribution is 9.10. The summed E-state index contributed by atoms with van der Waals surface area (Å²) in [5, 5.41) is 2.41. The van der Waals surface area contributed by atoms with E-state index < -0.39 is 23.1 Å². The fraction of sp³-hybridized carbons (Fsp3) is 0.100. The number of anilines is 1. The molecule has 0 atom stereocenters. The number of amides is 1. The molecule has 0 saturated carbocycles. The van der Waals surface area contributed by atoms with Crippen molar-refractivity contribution < 1.29 is 23.0 Å². The van der Waals surface area contributed by atoms with Crippen LogP contribution in [0, 0.1) is 18.6 Å². The maximum atomic E-state index is 14.0. The highest BCUT2D eigenvalue weighted by Crippen LogP contribution is 2.41. The lowest BCUT2D eigenvalue weighted by atomic mass is 10.1. The molecule has 1 aliphatic heterocycles. The van der Waals surface area contributed by atoms with Gasteiger partial charge in [-0.3, -0.25) is 4.79 Å². The van der Waals surface area contributed by atoms with Crippen LogP contribution in [0.15, 0.2) is 47.1 Å². The van der Waals surface area contributed by atoms with Crippen LogP contribution in [0.3, 0.4) is 0 Å². The first-order chi connectivity index (χ1) is 13.4. The van der Waals surface area contributed by atoms with Gasteiger partial charge in [-0.1, -0.05) is 15.9 Å². The molecule has 0 spiro atoms. The molecule has 28 heavy (non-hydrogen) atoms. The number of hydrogen-bond acceptors (Lipinski definition) is 4. The number of fused-ring (bicyclic) bond motifs is 1. The molecular weight excluding hydrogens is 434 g/mol. The summed E-state index contributed by atoms with van der Waals surface area (Å²) in [5.41, 5.74) is 1.33. The van der Waals surface area contributed by atoms with Gasteiger partial charge in [0.05, 0.1) is 0 Å². The number of hydrogen-bond donors (Lipinski definition) is 1. The van der Waals surface area contributed by atoms with Gasteiger partial charge in [-0.15, -0.1) is 0 Å². The quantitative estimate of drug-likeness (QED) is 0.609. The van der Waals surface area contributed by atoms with Gasteiger partial charge in [-0.2, -0.15) is 0 Å². The zero-order valence-electron chi connectivity index (χ0n) is 14.6. The first kappa shape index (κ1) is 18.4. The number of rotatable bonds is 3. The second-order valence-electron chi connectivity index (χ2n) is 6.18. The Kier molecular flexibility index (Phi) is 4.72. The van der Waals surface area contributed by atoms with Crippen molar-refractivity contribution in [3.05, 3.63) is 69.8 Å². The minimum atomic E-state index is -0.920. The Labute approximate surface area is 167 Å². The van der Waals surface area contributed by atoms with E-state index in [0.29, 0.717) is 17.1 Å². The third-order valence-electron chi connectivity index (χ3n) is 4.19. The molecule has 0 unspecified atom stereocenters. The Morgan fingerprint density at radius 2 is 1.79 bits per heavy atom. The summed E-state index contributed by atoms with van der Waals surface area (Å²) >= 11 is 3.48. The van der Waals surface area contributed by atoms with Gasteiger partial charge in [-0.25, -0.2) is 13.8 Å². The molecule has 1 aromatic heterocycles. The van der Waals surface area contributed by atoms with Gasteiger partial charge >= 0.3 is 0 Å². The van der Waals surface area contributed by atoms with Crippen LogP contribution in [0.25, 0.3) is 11.1 Å². The first-order valence-corrected chi connectivity index (χ1v) is 9.04. The predicted octanol–water partition coefficient (Wildman–Crippen LogP) is 5.08. The van der Waals surface area contributed by atoms with Crippen molar-refractivity contribution in [2.24, 2.45) is 0 Å². The van der Waals surface area contributed by atoms with Crippen LogP contribution in [0.1, 0.15) is 15.9 Å². The topological polar surface area (TPSA) is 60.5 Å². The van der Waals surface area contributed by atoms with Crippen LogP contribution < -0.4 is 14.8 Å². The summed E-state index contributed by atoms with van der Waals surface area (Å²) in [6, 6.07) is 9.10. The fourth-order valence-corrected chi connectivity index (χ4v) is 3.41. The minimum absolute atomic E-state index is 0.167. The number of nitrogens with one attached hydrogen (secondary N) is 1. The Balaban J connectivity index is 1.57. The van der Waals surface area contributed by atoms with Crippen LogP contribution in [-0.2, 0) is 0 Å². The lowest BCUT2D eigenvalue weighted by molar-refractivity contribution is 0.101. The highest BCUT2D eigenvalue weighted by atomic mass is 79.9. The van der Waals surface area contributed by atoms with Crippen LogP contribution in [0.2, 0.25) is 0 Å². The van der Waals surface area contributed by atoms with E-state index in [9.17, 15) is 13.6 Å². The molecule has 4 rings (SSSR count). The molecule has 0 saturated heterocycles. The number of carbonyl (C=O) groups is 1. The van der Waals surface area contributed by atoms with Crippen molar-refractivity contribution in [3.63, 3.8) is 0 Å². The maximum Gasteiger partial charge on any atom is 0.262 e. The van der Waals surface area contributed by atoms with Gasteiger partial charge < -0.3 is 14.8 Å². The molecule has 142 valence electrons. The SMILES string of the molecule is Cc1cc(F)c(C(=O)Nc2ccc(-c3cc4c(cc3Br)OCO4)cn2)c(F)c1. The van der Waals surface area contributed by atoms with Gasteiger partial charge in [0.15, 0.2) is 11.5 Å². The molecule has 5 nitrogen and oxygen atoms in total. The Hall–Kier alpha value is -3.00. The normalized spacial score (nSPS) is 12.1. The van der Waals surface area contributed by atoms with E-state index in [0.717, 1.165) is 27.7 Å². The third kappa shape index (κ3) is 3.43. The number of aromatic nitrogens is 1. The molecule has 2 aromatic carbocycles. The summed E-state index contributed by atoms with van der Waals surface area (Å²) in [6.07, 6.45) is 1.54. The van der Waals surface area contributed by atoms with Gasteiger partial charge in [0, 0.05) is 21.8 Å². The van der Waals surface area contributed by atoms with E-state index in [2.05, 4.69) is 26.2 Å². The molecule has 0 aliphatic carbocycles. The van der Waals surface area contributed by atoms with E-state index in [4.69, 9.17) is 9.47 Å². The van der Waals surface area contributed by atoms with Crippen LogP contribution in [0.5, 0.6) is 11.5 Å². The Bertz CT molecular complexity index is 1060. The number of aryl methyl sites for hydroxylation is 1. The van der Waals surface area contributed by atoms with Crippen LogP contribution >= 0.6 is 15.9 Å². The summed E-state index contributed by atoms with van der Waals surface area (Å²) in [7, 11) is 0. The lowest BCUT2D eigenvalue weighted by Gasteiger charge is -2.09. The van der Waals surface area contributed by atoms with Crippen molar-refractivity contribution in [2.75, 3.05) is 12.1 Å². The fourth-order valence-electron chi connectivity index (χ4n) is 2.86. The average molecular weight is 447 g/mol. The van der Waals surface area contributed by atoms with Crippen molar-refractivity contribution in [1.82, 2.24) is 4.98 Å². The van der Waals surface area contributed by atoms with Gasteiger partial charge in [0.25, 0.3) is 5.91 Å². The zero-order valence-corrected chi connectivity index (χ0v) is 16.1. The molecule has 8 heteroatoms. The maximum absolute atomic E-state index is 14.0. The van der Waals surface area contributed by atoms with Gasteiger partial charge in [-0.05, 0) is 48.9 Å². The van der Waals surface area contributed by atoms with E-state index in [-0.39, 0.29) is 12.6 Å². The van der Waals surface area contributed by atoms with Crippen molar-refractivity contribution in [1.29, 1.82) is 0 Å². The summed E-state index contributed by atoms with van der Waals surface area (Å²) < 4.78 is 39.4. The number of benzene rings is 2. The number of carbonyl (C=O) groups excluding carboxylic acids is 1. The molecule has 3 aromatic rings. The average Bonchev–Trinajstić information content (AvgIpc) is 3.08. The zero-order chi connectivity index (χ0) is 19.8. The monoisotopic (exact) mass is 446 g/mol. The molecule has 1 aliphatic rings. The van der Waals surface area contributed by atoms with Gasteiger partial charge in [0.1, 0.15) is 23.0 Å². The number of pyridine rings is 1. The van der Waals surface area contributed by atoms with Crippen LogP contribution in [-0.4, -0.2) is 17.7 Å². The first-order valence-electron chi connectivity index (χ1n) is 8.25. The second kappa shape index (κ2) is 7.20. The second-order valence-corrected chi connectivity index (χ2v) is 7.03. The highest BCUT2D eigenvalue weighted by Gasteiger charge is 2.20. The minimum Gasteiger partial charge on any atom is -0.454 e. The molecule has 0 bridgehead atoms. The van der Waals surface area contributed by atoms with E-state index >= 15 is 0 Å². The summed E-state index contributed by atoms with van der Waals surface area (Å²) in [5.74, 6) is -1.30. The molecule has 0 fully saturated rings. The third-order valence-corrected chi connectivity index (χ3v) is 4.85. The molecule has 2 heterocycles. The summed E-state index contributed by atoms with van der Waals surface area (Å²) in [6.45, 7) is 1.71. The molecule has 0 radical (unpaired) electrons. The van der Waals surface area contributed by atoms with E-state index in [1.54, 1.807) is 31.3 Å². The largest absolute Gasteiger partial charge is 0.454 e. The Morgan fingerprint density at radius 3 is 2.43 bits per heavy atom. The van der Waals surface area contributed by atoms with Gasteiger partial charge in [0.2, 0.25) is 6.79 Å². The number of ether oxygens (including phenoxy) is 2. The predicted molar refractivity (Wildman–Crippen MR) is 103 cm³/mol. The lowest BCUT2D eigenvalue weighted by Crippen LogP contribution is -2.16. The smallest absolute Gasteiger partial charge is 0.262 e. The summed E-state index contributed by atoms with van der Waals surface area (Å²) in [4.78, 5) is 16.4. The molecule has 1 N–H and O–H groups in total. The standard InChI is InChI=1S/C20H13BrF2N2O3/c1-10-4-14(22)19(15(23)5-10)20(26)25-18-3-2-11(8-24-18)12-6-16-17(7-13(12)21)28-9-27-16/h2-8H,9H2,1H3,(H,24,25,26). The van der Waals surface area contributed by atoms with Crippen molar-refractivity contribution >= 4 is 27.7 Å². The number of halogens is 3.